The van der Waals surface area contributed by atoms with E-state index in [1.54, 1.807) is 0 Å². The second-order valence-electron chi connectivity index (χ2n) is 8.00. The van der Waals surface area contributed by atoms with E-state index in [4.69, 9.17) is 5.73 Å². The first-order valence-electron chi connectivity index (χ1n) is 10.2. The largest absolute Gasteiger partial charge is 0.365 e. The third-order valence-electron chi connectivity index (χ3n) is 5.66. The molecule has 0 spiro atoms. The molecule has 4 rings (SSSR count). The number of thioether (sulfide) groups is 1. The number of aromatic nitrogens is 4. The first-order chi connectivity index (χ1) is 14.8. The maximum atomic E-state index is 12.6. The van der Waals surface area contributed by atoms with Gasteiger partial charge in [-0.2, -0.15) is 0 Å². The molecule has 0 radical (unpaired) electrons. The Morgan fingerprint density at radius 1 is 1.35 bits per heavy atom. The summed E-state index contributed by atoms with van der Waals surface area (Å²) in [6.07, 6.45) is 5.45. The number of carbonyl (C=O) groups is 2. The van der Waals surface area contributed by atoms with Gasteiger partial charge in [-0.25, -0.2) is 0 Å². The Kier molecular flexibility index (Phi) is 6.19. The molecule has 0 bridgehead atoms. The van der Waals surface area contributed by atoms with E-state index in [9.17, 15) is 9.59 Å². The van der Waals surface area contributed by atoms with Gasteiger partial charge < -0.3 is 20.2 Å². The zero-order chi connectivity index (χ0) is 22.1. The van der Waals surface area contributed by atoms with Crippen LogP contribution in [0.4, 0.5) is 5.00 Å². The van der Waals surface area contributed by atoms with Gasteiger partial charge in [0.15, 0.2) is 5.16 Å². The minimum Gasteiger partial charge on any atom is -0.365 e. The van der Waals surface area contributed by atoms with Gasteiger partial charge in [0.2, 0.25) is 5.91 Å². The van der Waals surface area contributed by atoms with Gasteiger partial charge >= 0.3 is 0 Å². The topological polar surface area (TPSA) is 108 Å². The molecule has 1 aliphatic carbocycles. The first kappa shape index (κ1) is 21.6. The molecule has 3 aromatic rings. The average Bonchev–Trinajstić information content (AvgIpc) is 3.38. The Balaban J connectivity index is 1.41. The van der Waals surface area contributed by atoms with Crippen LogP contribution in [0.1, 0.15) is 45.7 Å². The van der Waals surface area contributed by atoms with Crippen LogP contribution in [0.25, 0.3) is 0 Å². The highest BCUT2D eigenvalue weighted by Crippen LogP contribution is 2.39. The molecule has 31 heavy (non-hydrogen) atoms. The molecule has 164 valence electrons. The van der Waals surface area contributed by atoms with Crippen molar-refractivity contribution in [2.75, 3.05) is 11.1 Å². The molecule has 3 aromatic heterocycles. The fourth-order valence-corrected chi connectivity index (χ4v) is 6.02. The molecule has 8 nitrogen and oxygen atoms in total. The van der Waals surface area contributed by atoms with Crippen LogP contribution in [-0.4, -0.2) is 36.9 Å². The van der Waals surface area contributed by atoms with Gasteiger partial charge in [-0.05, 0) is 42.9 Å². The quantitative estimate of drug-likeness (QED) is 0.529. The zero-order valence-electron chi connectivity index (χ0n) is 17.8. The lowest BCUT2D eigenvalue weighted by Gasteiger charge is -2.18. The number of aryl methyl sites for hydroxylation is 1. The highest BCUT2D eigenvalue weighted by Gasteiger charge is 2.27. The number of hydrogen-bond donors (Lipinski definition) is 2. The van der Waals surface area contributed by atoms with E-state index in [0.717, 1.165) is 41.2 Å². The monoisotopic (exact) mass is 458 g/mol. The van der Waals surface area contributed by atoms with Crippen LogP contribution in [0, 0.1) is 5.92 Å². The molecular weight excluding hydrogens is 432 g/mol. The molecule has 0 aromatic carbocycles. The number of amides is 2. The lowest BCUT2D eigenvalue weighted by atomic mass is 9.88. The first-order valence-corrected chi connectivity index (χ1v) is 12.0. The van der Waals surface area contributed by atoms with Crippen molar-refractivity contribution in [3.05, 3.63) is 45.9 Å². The van der Waals surface area contributed by atoms with Crippen molar-refractivity contribution in [1.82, 2.24) is 19.3 Å². The van der Waals surface area contributed by atoms with Crippen LogP contribution in [-0.2, 0) is 38.2 Å². The Morgan fingerprint density at radius 2 is 2.16 bits per heavy atom. The third kappa shape index (κ3) is 4.54. The summed E-state index contributed by atoms with van der Waals surface area (Å²) in [7, 11) is 3.90. The van der Waals surface area contributed by atoms with E-state index in [2.05, 4.69) is 22.4 Å². The Morgan fingerprint density at radius 3 is 2.87 bits per heavy atom. The molecule has 0 aliphatic heterocycles. The highest BCUT2D eigenvalue weighted by molar-refractivity contribution is 7.99. The number of fused-ring (bicyclic) bond motifs is 1. The summed E-state index contributed by atoms with van der Waals surface area (Å²) >= 11 is 2.80. The van der Waals surface area contributed by atoms with E-state index in [1.807, 2.05) is 41.6 Å². The normalized spacial score (nSPS) is 15.6. The number of rotatable bonds is 7. The Labute approximate surface area is 189 Å². The molecule has 1 atom stereocenters. The fraction of sp³-hybridized carbons (Fsp3) is 0.429. The van der Waals surface area contributed by atoms with Gasteiger partial charge in [-0.15, -0.1) is 21.5 Å². The van der Waals surface area contributed by atoms with Crippen molar-refractivity contribution < 1.29 is 9.59 Å². The van der Waals surface area contributed by atoms with Gasteiger partial charge in [0.1, 0.15) is 10.8 Å². The van der Waals surface area contributed by atoms with Crippen molar-refractivity contribution in [1.29, 1.82) is 0 Å². The second kappa shape index (κ2) is 8.88. The Hall–Kier alpha value is -2.59. The predicted octanol–water partition coefficient (Wildman–Crippen LogP) is 2.76. The number of hydrogen-bond acceptors (Lipinski definition) is 6. The van der Waals surface area contributed by atoms with Gasteiger partial charge in [0.25, 0.3) is 5.91 Å². The van der Waals surface area contributed by atoms with Crippen LogP contribution in [0.15, 0.2) is 23.5 Å². The van der Waals surface area contributed by atoms with Crippen LogP contribution in [0.3, 0.4) is 0 Å². The summed E-state index contributed by atoms with van der Waals surface area (Å²) in [5, 5.41) is 12.6. The second-order valence-corrected chi connectivity index (χ2v) is 10.0. The number of thiophene rings is 1. The van der Waals surface area contributed by atoms with Crippen molar-refractivity contribution in [3.8, 4) is 0 Å². The smallest absolute Gasteiger partial charge is 0.251 e. The maximum Gasteiger partial charge on any atom is 0.251 e. The molecule has 2 amide bonds. The number of carbonyl (C=O) groups excluding carboxylic acids is 2. The summed E-state index contributed by atoms with van der Waals surface area (Å²) in [6, 6.07) is 4.04. The minimum atomic E-state index is -0.478. The number of anilines is 1. The molecule has 10 heteroatoms. The van der Waals surface area contributed by atoms with E-state index >= 15 is 0 Å². The molecule has 1 aliphatic rings. The summed E-state index contributed by atoms with van der Waals surface area (Å²) in [6.45, 7) is 2.20. The van der Waals surface area contributed by atoms with Gasteiger partial charge in [-0.3, -0.25) is 9.59 Å². The van der Waals surface area contributed by atoms with Crippen molar-refractivity contribution >= 4 is 39.9 Å². The van der Waals surface area contributed by atoms with Crippen molar-refractivity contribution in [2.45, 2.75) is 37.8 Å². The van der Waals surface area contributed by atoms with E-state index in [-0.39, 0.29) is 11.7 Å². The predicted molar refractivity (Wildman–Crippen MR) is 123 cm³/mol. The summed E-state index contributed by atoms with van der Waals surface area (Å²) < 4.78 is 3.96. The van der Waals surface area contributed by atoms with E-state index in [1.165, 1.54) is 23.1 Å². The molecule has 0 unspecified atom stereocenters. The summed E-state index contributed by atoms with van der Waals surface area (Å²) in [5.74, 6) is 0.917. The SMILES string of the molecule is C[C@H]1CCc2c(sc(NC(=O)CSc3nnc(Cc4cccn4C)n3C)c2C(N)=O)C1. The van der Waals surface area contributed by atoms with E-state index in [0.29, 0.717) is 28.1 Å². The fourth-order valence-electron chi connectivity index (χ4n) is 3.86. The molecule has 0 fully saturated rings. The minimum absolute atomic E-state index is 0.174. The van der Waals surface area contributed by atoms with Gasteiger partial charge in [-0.1, -0.05) is 18.7 Å². The Bertz CT molecular complexity index is 1130. The standard InChI is InChI=1S/C21H26N6O2S2/c1-12-6-7-14-15(9-12)31-20(18(14)19(22)29)23-17(28)11-30-21-25-24-16(27(21)3)10-13-5-4-8-26(13)2/h4-5,8,12H,6-7,9-11H2,1-3H3,(H2,22,29)(H,23,28)/t12-/m0/s1. The van der Waals surface area contributed by atoms with Gasteiger partial charge in [0.05, 0.1) is 11.3 Å². The van der Waals surface area contributed by atoms with Crippen LogP contribution < -0.4 is 11.1 Å². The van der Waals surface area contributed by atoms with Gasteiger partial charge in [0, 0.05) is 37.3 Å². The van der Waals surface area contributed by atoms with Crippen LogP contribution >= 0.6 is 23.1 Å². The number of nitrogens with one attached hydrogen (secondary N) is 1. The molecule has 0 saturated carbocycles. The summed E-state index contributed by atoms with van der Waals surface area (Å²) in [4.78, 5) is 25.8. The molecule has 3 N–H and O–H groups in total. The summed E-state index contributed by atoms with van der Waals surface area (Å²) in [5.41, 5.74) is 8.27. The lowest BCUT2D eigenvalue weighted by Crippen LogP contribution is -2.20. The van der Waals surface area contributed by atoms with Crippen LogP contribution in [0.2, 0.25) is 0 Å². The van der Waals surface area contributed by atoms with Crippen molar-refractivity contribution in [2.24, 2.45) is 25.7 Å². The number of nitrogens with zero attached hydrogens (tertiary/aromatic N) is 4. The third-order valence-corrected chi connectivity index (χ3v) is 7.85. The molecule has 0 saturated heterocycles. The van der Waals surface area contributed by atoms with Crippen molar-refractivity contribution in [3.63, 3.8) is 0 Å². The zero-order valence-corrected chi connectivity index (χ0v) is 19.5. The van der Waals surface area contributed by atoms with Crippen LogP contribution in [0.5, 0.6) is 0 Å². The highest BCUT2D eigenvalue weighted by atomic mass is 32.2. The lowest BCUT2D eigenvalue weighted by molar-refractivity contribution is -0.113. The molecular formula is C21H26N6O2S2. The average molecular weight is 459 g/mol. The molecule has 3 heterocycles. The maximum absolute atomic E-state index is 12.6. The van der Waals surface area contributed by atoms with E-state index < -0.39 is 5.91 Å². The number of nitrogens with two attached hydrogens (primary N) is 1. The number of primary amides is 1.